The van der Waals surface area contributed by atoms with E-state index in [1.807, 2.05) is 27.7 Å². The lowest BCUT2D eigenvalue weighted by atomic mass is 9.99. The van der Waals surface area contributed by atoms with Crippen molar-refractivity contribution in [3.63, 3.8) is 0 Å². The van der Waals surface area contributed by atoms with Crippen LogP contribution in [0.25, 0.3) is 0 Å². The molecule has 3 fully saturated rings. The first-order valence-corrected chi connectivity index (χ1v) is 6.29. The van der Waals surface area contributed by atoms with Gasteiger partial charge in [-0.25, -0.2) is 0 Å². The lowest BCUT2D eigenvalue weighted by Crippen LogP contribution is -2.56. The molecule has 3 aliphatic rings. The van der Waals surface area contributed by atoms with Crippen LogP contribution in [0.15, 0.2) is 0 Å². The lowest BCUT2D eigenvalue weighted by molar-refractivity contribution is -0.240. The first-order chi connectivity index (χ1) is 8.31. The lowest BCUT2D eigenvalue weighted by Gasteiger charge is -2.36. The van der Waals surface area contributed by atoms with E-state index >= 15 is 0 Å². The van der Waals surface area contributed by atoms with Crippen LogP contribution in [0.3, 0.4) is 0 Å². The van der Waals surface area contributed by atoms with Gasteiger partial charge in [0.2, 0.25) is 0 Å². The Kier molecular flexibility index (Phi) is 2.75. The quantitative estimate of drug-likeness (QED) is 0.735. The topological polar surface area (TPSA) is 66.4 Å². The van der Waals surface area contributed by atoms with Gasteiger partial charge in [-0.3, -0.25) is 0 Å². The Labute approximate surface area is 106 Å². The number of hydrogen-bond acceptors (Lipinski definition) is 6. The summed E-state index contributed by atoms with van der Waals surface area (Å²) in [4.78, 5) is 0. The number of aliphatic hydroxyl groups is 1. The molecule has 0 bridgehead atoms. The Morgan fingerprint density at radius 1 is 0.833 bits per heavy atom. The average molecular weight is 260 g/mol. The zero-order valence-corrected chi connectivity index (χ0v) is 11.1. The van der Waals surface area contributed by atoms with E-state index in [1.54, 1.807) is 0 Å². The van der Waals surface area contributed by atoms with E-state index in [4.69, 9.17) is 23.7 Å². The molecular weight excluding hydrogens is 240 g/mol. The van der Waals surface area contributed by atoms with E-state index in [-0.39, 0.29) is 24.9 Å². The van der Waals surface area contributed by atoms with Crippen LogP contribution >= 0.6 is 0 Å². The van der Waals surface area contributed by atoms with Crippen LogP contribution < -0.4 is 0 Å². The molecule has 5 atom stereocenters. The van der Waals surface area contributed by atoms with Gasteiger partial charge >= 0.3 is 0 Å². The second-order valence-corrected chi connectivity index (χ2v) is 5.89. The van der Waals surface area contributed by atoms with Crippen molar-refractivity contribution < 1.29 is 28.8 Å². The summed E-state index contributed by atoms with van der Waals surface area (Å²) >= 11 is 0. The molecule has 3 saturated heterocycles. The van der Waals surface area contributed by atoms with Gasteiger partial charge in [0.25, 0.3) is 0 Å². The van der Waals surface area contributed by atoms with Gasteiger partial charge in [-0.2, -0.15) is 0 Å². The minimum absolute atomic E-state index is 0.131. The van der Waals surface area contributed by atoms with Crippen molar-refractivity contribution >= 4 is 0 Å². The molecule has 0 spiro atoms. The van der Waals surface area contributed by atoms with Crippen LogP contribution in [0.4, 0.5) is 0 Å². The third kappa shape index (κ3) is 1.97. The Morgan fingerprint density at radius 2 is 1.39 bits per heavy atom. The smallest absolute Gasteiger partial charge is 0.190 e. The summed E-state index contributed by atoms with van der Waals surface area (Å²) in [5.41, 5.74) is 0. The third-order valence-corrected chi connectivity index (χ3v) is 3.43. The highest BCUT2D eigenvalue weighted by Crippen LogP contribution is 2.43. The van der Waals surface area contributed by atoms with E-state index in [1.165, 1.54) is 0 Å². The zero-order chi connectivity index (χ0) is 13.1. The number of rotatable bonds is 1. The van der Waals surface area contributed by atoms with Gasteiger partial charge in [0.1, 0.15) is 24.4 Å². The highest BCUT2D eigenvalue weighted by atomic mass is 16.9. The van der Waals surface area contributed by atoms with E-state index in [2.05, 4.69) is 0 Å². The minimum atomic E-state index is -0.708. The normalized spacial score (nSPS) is 48.8. The summed E-state index contributed by atoms with van der Waals surface area (Å²) in [5.74, 6) is -1.41. The summed E-state index contributed by atoms with van der Waals surface area (Å²) in [5, 5.41) is 9.40. The number of hydrogen-bond donors (Lipinski definition) is 1. The number of aliphatic hydroxyl groups excluding tert-OH is 1. The van der Waals surface area contributed by atoms with Crippen molar-refractivity contribution in [2.45, 2.75) is 70.0 Å². The maximum Gasteiger partial charge on any atom is 0.190 e. The van der Waals surface area contributed by atoms with Crippen LogP contribution in [0.2, 0.25) is 0 Å². The second-order valence-electron chi connectivity index (χ2n) is 5.89. The van der Waals surface area contributed by atoms with Crippen LogP contribution in [0.1, 0.15) is 27.7 Å². The first-order valence-electron chi connectivity index (χ1n) is 6.29. The molecular formula is C12H20O6. The van der Waals surface area contributed by atoms with E-state index in [9.17, 15) is 5.11 Å². The summed E-state index contributed by atoms with van der Waals surface area (Å²) in [6.07, 6.45) is -1.90. The summed E-state index contributed by atoms with van der Waals surface area (Å²) < 4.78 is 28.9. The first kappa shape index (κ1) is 12.8. The van der Waals surface area contributed by atoms with Gasteiger partial charge in [0, 0.05) is 0 Å². The summed E-state index contributed by atoms with van der Waals surface area (Å²) in [6, 6.07) is 0. The maximum absolute atomic E-state index is 9.40. The molecule has 0 aromatic carbocycles. The largest absolute Gasteiger partial charge is 0.394 e. The van der Waals surface area contributed by atoms with Crippen LogP contribution in [0.5, 0.6) is 0 Å². The molecule has 104 valence electrons. The Balaban J connectivity index is 1.86. The fourth-order valence-corrected chi connectivity index (χ4v) is 2.84. The van der Waals surface area contributed by atoms with Gasteiger partial charge in [0.05, 0.1) is 6.61 Å². The number of fused-ring (bicyclic) bond motifs is 3. The molecule has 18 heavy (non-hydrogen) atoms. The molecule has 3 rings (SSSR count). The predicted molar refractivity (Wildman–Crippen MR) is 59.6 cm³/mol. The summed E-state index contributed by atoms with van der Waals surface area (Å²) in [7, 11) is 0. The van der Waals surface area contributed by atoms with Gasteiger partial charge in [-0.15, -0.1) is 0 Å². The van der Waals surface area contributed by atoms with Gasteiger partial charge in [-0.05, 0) is 27.7 Å². The van der Waals surface area contributed by atoms with Gasteiger partial charge in [-0.1, -0.05) is 0 Å². The molecule has 0 saturated carbocycles. The van der Waals surface area contributed by atoms with Crippen molar-refractivity contribution in [3.8, 4) is 0 Å². The zero-order valence-electron chi connectivity index (χ0n) is 11.1. The SMILES string of the molecule is CC1(C)OC2C3OC(C)(C)O[C@H]3C(CO)O[C@H]2O1. The minimum Gasteiger partial charge on any atom is -0.394 e. The Hall–Kier alpha value is -0.240. The number of ether oxygens (including phenoxy) is 5. The molecule has 1 N–H and O–H groups in total. The fourth-order valence-electron chi connectivity index (χ4n) is 2.84. The fraction of sp³-hybridized carbons (Fsp3) is 1.00. The van der Waals surface area contributed by atoms with Crippen LogP contribution in [-0.2, 0) is 23.7 Å². The van der Waals surface area contributed by atoms with Crippen LogP contribution in [0, 0.1) is 0 Å². The molecule has 3 heterocycles. The van der Waals surface area contributed by atoms with Gasteiger partial charge in [0.15, 0.2) is 17.9 Å². The molecule has 0 aromatic heterocycles. The standard InChI is InChI=1S/C12H20O6/c1-11(2)15-7-6(5-13)14-10-9(8(7)16-11)17-12(3,4)18-10/h6-10,13H,5H2,1-4H3/t6?,7-,8?,9?,10-/m0/s1. The molecule has 0 radical (unpaired) electrons. The van der Waals surface area contributed by atoms with Crippen molar-refractivity contribution in [1.29, 1.82) is 0 Å². The molecule has 3 aliphatic heterocycles. The maximum atomic E-state index is 9.40. The molecule has 0 aliphatic carbocycles. The molecule has 0 amide bonds. The molecule has 6 heteroatoms. The second kappa shape index (κ2) is 3.88. The van der Waals surface area contributed by atoms with Crippen LogP contribution in [-0.4, -0.2) is 54.0 Å². The highest BCUT2D eigenvalue weighted by molar-refractivity contribution is 4.99. The highest BCUT2D eigenvalue weighted by Gasteiger charge is 2.60. The van der Waals surface area contributed by atoms with Crippen molar-refractivity contribution in [1.82, 2.24) is 0 Å². The van der Waals surface area contributed by atoms with E-state index < -0.39 is 24.0 Å². The predicted octanol–water partition coefficient (Wildman–Crippen LogP) is 0.375. The average Bonchev–Trinajstić information content (AvgIpc) is 2.71. The van der Waals surface area contributed by atoms with Crippen molar-refractivity contribution in [3.05, 3.63) is 0 Å². The molecule has 6 nitrogen and oxygen atoms in total. The summed E-state index contributed by atoms with van der Waals surface area (Å²) in [6.45, 7) is 7.22. The third-order valence-electron chi connectivity index (χ3n) is 3.43. The molecule has 3 unspecified atom stereocenters. The van der Waals surface area contributed by atoms with Crippen molar-refractivity contribution in [2.24, 2.45) is 0 Å². The Bertz CT molecular complexity index is 341. The molecule has 0 aromatic rings. The monoisotopic (exact) mass is 260 g/mol. The van der Waals surface area contributed by atoms with E-state index in [0.29, 0.717) is 0 Å². The Morgan fingerprint density at radius 3 is 2.06 bits per heavy atom. The van der Waals surface area contributed by atoms with Gasteiger partial charge < -0.3 is 28.8 Å². The van der Waals surface area contributed by atoms with E-state index in [0.717, 1.165) is 0 Å². The van der Waals surface area contributed by atoms with Crippen molar-refractivity contribution in [2.75, 3.05) is 6.61 Å².